The summed E-state index contributed by atoms with van der Waals surface area (Å²) in [6.45, 7) is 2.72. The third kappa shape index (κ3) is 2.17. The van der Waals surface area contributed by atoms with Gasteiger partial charge in [-0.05, 0) is 31.7 Å². The number of aryl methyl sites for hydroxylation is 1. The SMILES string of the molecule is Cc1ccnc(OCC2CCC2)n1. The third-order valence-corrected chi connectivity index (χ3v) is 2.45. The molecular formula is C10H14N2O. The Balaban J connectivity index is 1.86. The molecule has 0 bridgehead atoms. The lowest BCUT2D eigenvalue weighted by Gasteiger charge is -2.24. The van der Waals surface area contributed by atoms with Crippen molar-refractivity contribution in [2.45, 2.75) is 26.2 Å². The van der Waals surface area contributed by atoms with E-state index in [9.17, 15) is 0 Å². The molecule has 3 heteroatoms. The third-order valence-electron chi connectivity index (χ3n) is 2.45. The molecule has 1 aliphatic rings. The van der Waals surface area contributed by atoms with Crippen LogP contribution in [0.15, 0.2) is 12.3 Å². The molecule has 1 aromatic rings. The Labute approximate surface area is 78.2 Å². The number of rotatable bonds is 3. The van der Waals surface area contributed by atoms with Crippen molar-refractivity contribution < 1.29 is 4.74 Å². The minimum absolute atomic E-state index is 0.520. The number of hydrogen-bond donors (Lipinski definition) is 0. The molecule has 3 nitrogen and oxygen atoms in total. The van der Waals surface area contributed by atoms with Gasteiger partial charge in [-0.1, -0.05) is 6.42 Å². The van der Waals surface area contributed by atoms with E-state index < -0.39 is 0 Å². The smallest absolute Gasteiger partial charge is 0.316 e. The van der Waals surface area contributed by atoms with Crippen molar-refractivity contribution in [2.24, 2.45) is 5.92 Å². The first-order valence-electron chi connectivity index (χ1n) is 4.77. The Morgan fingerprint density at radius 2 is 2.38 bits per heavy atom. The van der Waals surface area contributed by atoms with Crippen LogP contribution in [-0.4, -0.2) is 16.6 Å². The lowest BCUT2D eigenvalue weighted by atomic mass is 9.86. The van der Waals surface area contributed by atoms with Crippen molar-refractivity contribution in [1.82, 2.24) is 9.97 Å². The number of hydrogen-bond acceptors (Lipinski definition) is 3. The molecule has 2 rings (SSSR count). The fourth-order valence-electron chi connectivity index (χ4n) is 1.35. The van der Waals surface area contributed by atoms with Gasteiger partial charge in [0.2, 0.25) is 0 Å². The van der Waals surface area contributed by atoms with Crippen molar-refractivity contribution >= 4 is 0 Å². The van der Waals surface area contributed by atoms with Gasteiger partial charge in [-0.3, -0.25) is 0 Å². The fraction of sp³-hybridized carbons (Fsp3) is 0.600. The van der Waals surface area contributed by atoms with Crippen LogP contribution >= 0.6 is 0 Å². The first-order chi connectivity index (χ1) is 6.34. The van der Waals surface area contributed by atoms with E-state index in [2.05, 4.69) is 9.97 Å². The Morgan fingerprint density at radius 3 is 3.00 bits per heavy atom. The molecule has 0 aliphatic heterocycles. The largest absolute Gasteiger partial charge is 0.463 e. The molecule has 1 aliphatic carbocycles. The molecule has 0 N–H and O–H groups in total. The van der Waals surface area contributed by atoms with Gasteiger partial charge < -0.3 is 4.74 Å². The van der Waals surface area contributed by atoms with Crippen LogP contribution in [-0.2, 0) is 0 Å². The summed E-state index contributed by atoms with van der Waals surface area (Å²) in [5.41, 5.74) is 0.957. The first kappa shape index (κ1) is 8.48. The van der Waals surface area contributed by atoms with Gasteiger partial charge in [-0.2, -0.15) is 0 Å². The van der Waals surface area contributed by atoms with Gasteiger partial charge in [0.1, 0.15) is 0 Å². The first-order valence-corrected chi connectivity index (χ1v) is 4.77. The average molecular weight is 178 g/mol. The van der Waals surface area contributed by atoms with Gasteiger partial charge in [-0.15, -0.1) is 0 Å². The van der Waals surface area contributed by atoms with Crippen molar-refractivity contribution in [1.29, 1.82) is 0 Å². The average Bonchev–Trinajstić information content (AvgIpc) is 2.01. The van der Waals surface area contributed by atoms with Gasteiger partial charge in [0.25, 0.3) is 0 Å². The van der Waals surface area contributed by atoms with E-state index in [4.69, 9.17) is 4.74 Å². The summed E-state index contributed by atoms with van der Waals surface area (Å²) in [5.74, 6) is 0.740. The predicted octanol–water partition coefficient (Wildman–Crippen LogP) is 1.96. The molecule has 0 saturated heterocycles. The number of ether oxygens (including phenoxy) is 1. The Morgan fingerprint density at radius 1 is 1.54 bits per heavy atom. The summed E-state index contributed by atoms with van der Waals surface area (Å²) in [6, 6.07) is 2.39. The van der Waals surface area contributed by atoms with Crippen LogP contribution in [0.2, 0.25) is 0 Å². The predicted molar refractivity (Wildman–Crippen MR) is 49.6 cm³/mol. The lowest BCUT2D eigenvalue weighted by molar-refractivity contribution is 0.170. The number of nitrogens with zero attached hydrogens (tertiary/aromatic N) is 2. The van der Waals surface area contributed by atoms with E-state index in [1.807, 2.05) is 13.0 Å². The second-order valence-electron chi connectivity index (χ2n) is 3.59. The van der Waals surface area contributed by atoms with E-state index in [1.54, 1.807) is 6.20 Å². The molecule has 1 aromatic heterocycles. The fourth-order valence-corrected chi connectivity index (χ4v) is 1.35. The highest BCUT2D eigenvalue weighted by Gasteiger charge is 2.18. The van der Waals surface area contributed by atoms with Crippen molar-refractivity contribution in [3.63, 3.8) is 0 Å². The second kappa shape index (κ2) is 3.73. The Hall–Kier alpha value is -1.12. The van der Waals surface area contributed by atoms with Crippen LogP contribution in [0.1, 0.15) is 25.0 Å². The lowest BCUT2D eigenvalue weighted by Crippen LogP contribution is -2.20. The van der Waals surface area contributed by atoms with Gasteiger partial charge in [0.05, 0.1) is 6.61 Å². The zero-order valence-electron chi connectivity index (χ0n) is 7.86. The summed E-state index contributed by atoms with van der Waals surface area (Å²) >= 11 is 0. The van der Waals surface area contributed by atoms with Crippen molar-refractivity contribution in [3.8, 4) is 6.01 Å². The van der Waals surface area contributed by atoms with Crippen LogP contribution in [0, 0.1) is 12.8 Å². The van der Waals surface area contributed by atoms with Crippen LogP contribution in [0.3, 0.4) is 0 Å². The molecule has 1 heterocycles. The molecule has 0 unspecified atom stereocenters. The van der Waals surface area contributed by atoms with Crippen molar-refractivity contribution in [2.75, 3.05) is 6.61 Å². The molecular weight excluding hydrogens is 164 g/mol. The maximum atomic E-state index is 5.47. The van der Waals surface area contributed by atoms with E-state index in [-0.39, 0.29) is 0 Å². The van der Waals surface area contributed by atoms with Gasteiger partial charge in [0.15, 0.2) is 0 Å². The summed E-state index contributed by atoms with van der Waals surface area (Å²) in [5, 5.41) is 0. The molecule has 0 spiro atoms. The maximum Gasteiger partial charge on any atom is 0.316 e. The quantitative estimate of drug-likeness (QED) is 0.709. The minimum atomic E-state index is 0.520. The summed E-state index contributed by atoms with van der Waals surface area (Å²) in [6.07, 6.45) is 5.68. The van der Waals surface area contributed by atoms with E-state index >= 15 is 0 Å². The highest BCUT2D eigenvalue weighted by molar-refractivity contribution is 5.03. The van der Waals surface area contributed by atoms with Crippen molar-refractivity contribution in [3.05, 3.63) is 18.0 Å². The summed E-state index contributed by atoms with van der Waals surface area (Å²) in [7, 11) is 0. The number of aromatic nitrogens is 2. The molecule has 1 fully saturated rings. The van der Waals surface area contributed by atoms with Gasteiger partial charge >= 0.3 is 6.01 Å². The Bertz CT molecular complexity index is 284. The molecule has 0 atom stereocenters. The molecule has 0 amide bonds. The second-order valence-corrected chi connectivity index (χ2v) is 3.59. The van der Waals surface area contributed by atoms with E-state index in [0.29, 0.717) is 6.01 Å². The van der Waals surface area contributed by atoms with Crippen LogP contribution in [0.5, 0.6) is 6.01 Å². The zero-order valence-corrected chi connectivity index (χ0v) is 7.86. The van der Waals surface area contributed by atoms with Crippen LogP contribution in [0.25, 0.3) is 0 Å². The molecule has 13 heavy (non-hydrogen) atoms. The molecule has 0 radical (unpaired) electrons. The topological polar surface area (TPSA) is 35.0 Å². The Kier molecular flexibility index (Phi) is 2.43. The summed E-state index contributed by atoms with van der Waals surface area (Å²) in [4.78, 5) is 8.21. The minimum Gasteiger partial charge on any atom is -0.463 e. The van der Waals surface area contributed by atoms with Gasteiger partial charge in [-0.25, -0.2) is 9.97 Å². The normalized spacial score (nSPS) is 16.7. The van der Waals surface area contributed by atoms with Crippen LogP contribution in [0.4, 0.5) is 0 Å². The van der Waals surface area contributed by atoms with Crippen LogP contribution < -0.4 is 4.74 Å². The maximum absolute atomic E-state index is 5.47. The van der Waals surface area contributed by atoms with E-state index in [0.717, 1.165) is 18.2 Å². The molecule has 1 saturated carbocycles. The zero-order chi connectivity index (χ0) is 9.10. The summed E-state index contributed by atoms with van der Waals surface area (Å²) < 4.78 is 5.47. The van der Waals surface area contributed by atoms with Gasteiger partial charge in [0, 0.05) is 11.9 Å². The standard InChI is InChI=1S/C10H14N2O/c1-8-5-6-11-10(12-8)13-7-9-3-2-4-9/h5-6,9H,2-4,7H2,1H3. The van der Waals surface area contributed by atoms with E-state index in [1.165, 1.54) is 19.3 Å². The molecule has 70 valence electrons. The monoisotopic (exact) mass is 178 g/mol. The highest BCUT2D eigenvalue weighted by atomic mass is 16.5. The highest BCUT2D eigenvalue weighted by Crippen LogP contribution is 2.26. The molecule has 0 aromatic carbocycles.